The van der Waals surface area contributed by atoms with Crippen LogP contribution in [0.2, 0.25) is 10.0 Å². The van der Waals surface area contributed by atoms with Gasteiger partial charge in [-0.05, 0) is 36.4 Å². The third-order valence-electron chi connectivity index (χ3n) is 4.28. The van der Waals surface area contributed by atoms with Crippen LogP contribution in [0.3, 0.4) is 0 Å². The van der Waals surface area contributed by atoms with Crippen LogP contribution in [0, 0.1) is 0 Å². The summed E-state index contributed by atoms with van der Waals surface area (Å²) in [6.45, 7) is 0. The highest BCUT2D eigenvalue weighted by molar-refractivity contribution is 6.34. The van der Waals surface area contributed by atoms with Crippen molar-refractivity contribution in [2.24, 2.45) is 0 Å². The normalized spacial score (nSPS) is 11.3. The van der Waals surface area contributed by atoms with E-state index in [-0.39, 0.29) is 11.1 Å². The molecule has 4 rings (SSSR count). The van der Waals surface area contributed by atoms with Crippen molar-refractivity contribution in [2.75, 3.05) is 19.1 Å². The number of halogens is 2. The van der Waals surface area contributed by atoms with E-state index in [0.717, 1.165) is 0 Å². The van der Waals surface area contributed by atoms with Crippen molar-refractivity contribution in [3.63, 3.8) is 0 Å². The number of rotatable bonds is 2. The van der Waals surface area contributed by atoms with E-state index < -0.39 is 0 Å². The lowest BCUT2D eigenvalue weighted by atomic mass is 10.2. The summed E-state index contributed by atoms with van der Waals surface area (Å²) in [7, 11) is 3.52. The Balaban J connectivity index is 2.04. The fourth-order valence-electron chi connectivity index (χ4n) is 3.01. The molecule has 0 spiro atoms. The summed E-state index contributed by atoms with van der Waals surface area (Å²) in [4.78, 5) is 30.2. The molecule has 0 fully saturated rings. The van der Waals surface area contributed by atoms with Crippen molar-refractivity contribution in [1.82, 2.24) is 14.2 Å². The Kier molecular flexibility index (Phi) is 4.17. The van der Waals surface area contributed by atoms with Crippen LogP contribution in [-0.4, -0.2) is 28.3 Å². The van der Waals surface area contributed by atoms with E-state index in [1.165, 1.54) is 9.24 Å². The molecule has 0 saturated carbocycles. The summed E-state index contributed by atoms with van der Waals surface area (Å²) in [6, 6.07) is 9.95. The average Bonchev–Trinajstić information content (AvgIpc) is 2.60. The molecule has 3 aromatic heterocycles. The number of hydrogen-bond acceptors (Lipinski definition) is 4. The van der Waals surface area contributed by atoms with Crippen LogP contribution in [0.5, 0.6) is 0 Å². The SMILES string of the molecule is CN(C)n1ccc2nc3ccn(-c4cc(Cl)cc(Cl)c4)c(=O)c3cc2c1=O. The Morgan fingerprint density at radius 2 is 1.44 bits per heavy atom. The summed E-state index contributed by atoms with van der Waals surface area (Å²) >= 11 is 12.1. The highest BCUT2D eigenvalue weighted by Gasteiger charge is 2.12. The second-order valence-electron chi connectivity index (χ2n) is 6.29. The Hall–Kier alpha value is -2.83. The first-order chi connectivity index (χ1) is 12.8. The number of nitrogens with zero attached hydrogens (tertiary/aromatic N) is 4. The Bertz CT molecular complexity index is 1310. The number of aromatic nitrogens is 3. The number of fused-ring (bicyclic) bond motifs is 2. The monoisotopic (exact) mass is 400 g/mol. The highest BCUT2D eigenvalue weighted by Crippen LogP contribution is 2.22. The third-order valence-corrected chi connectivity index (χ3v) is 4.72. The van der Waals surface area contributed by atoms with Crippen LogP contribution >= 0.6 is 23.2 Å². The van der Waals surface area contributed by atoms with E-state index in [4.69, 9.17) is 23.2 Å². The molecule has 0 saturated heterocycles. The van der Waals surface area contributed by atoms with Gasteiger partial charge in [0, 0.05) is 36.5 Å². The maximum absolute atomic E-state index is 13.0. The van der Waals surface area contributed by atoms with Gasteiger partial charge in [0.2, 0.25) is 0 Å². The molecule has 0 amide bonds. The fraction of sp³-hybridized carbons (Fsp3) is 0.105. The molecule has 136 valence electrons. The van der Waals surface area contributed by atoms with E-state index in [1.807, 2.05) is 0 Å². The minimum atomic E-state index is -0.306. The molecule has 0 aliphatic carbocycles. The quantitative estimate of drug-likeness (QED) is 0.484. The molecule has 0 radical (unpaired) electrons. The smallest absolute Gasteiger partial charge is 0.278 e. The molecule has 0 aliphatic heterocycles. The third kappa shape index (κ3) is 2.97. The van der Waals surface area contributed by atoms with Gasteiger partial charge in [-0.1, -0.05) is 23.2 Å². The molecule has 0 N–H and O–H groups in total. The molecule has 1 aromatic carbocycles. The van der Waals surface area contributed by atoms with Gasteiger partial charge in [0.05, 0.1) is 27.5 Å². The molecule has 0 aliphatic rings. The van der Waals surface area contributed by atoms with E-state index in [0.29, 0.717) is 37.5 Å². The summed E-state index contributed by atoms with van der Waals surface area (Å²) in [5.41, 5.74) is 1.04. The predicted molar refractivity (Wildman–Crippen MR) is 109 cm³/mol. The molecule has 8 heteroatoms. The van der Waals surface area contributed by atoms with Gasteiger partial charge in [-0.25, -0.2) is 9.66 Å². The first kappa shape index (κ1) is 17.6. The van der Waals surface area contributed by atoms with Gasteiger partial charge >= 0.3 is 0 Å². The fourth-order valence-corrected chi connectivity index (χ4v) is 3.53. The highest BCUT2D eigenvalue weighted by atomic mass is 35.5. The van der Waals surface area contributed by atoms with Gasteiger partial charge in [-0.15, -0.1) is 0 Å². The van der Waals surface area contributed by atoms with Crippen molar-refractivity contribution in [2.45, 2.75) is 0 Å². The largest absolute Gasteiger partial charge is 0.316 e. The van der Waals surface area contributed by atoms with Crippen molar-refractivity contribution >= 4 is 45.0 Å². The van der Waals surface area contributed by atoms with Gasteiger partial charge in [0.15, 0.2) is 0 Å². The standard InChI is InChI=1S/C19H14Cl2N4O2/c1-23(2)25-6-4-17-15(19(25)27)10-14-16(22-17)3-5-24(18(14)26)13-8-11(20)7-12(21)9-13/h3-10H,1-2H3. The number of hydrogen-bond donors (Lipinski definition) is 0. The second-order valence-corrected chi connectivity index (χ2v) is 7.16. The maximum Gasteiger partial charge on any atom is 0.278 e. The second kappa shape index (κ2) is 6.40. The zero-order valence-electron chi connectivity index (χ0n) is 14.5. The van der Waals surface area contributed by atoms with Crippen molar-refractivity contribution < 1.29 is 0 Å². The van der Waals surface area contributed by atoms with Crippen molar-refractivity contribution in [3.05, 3.63) is 79.5 Å². The van der Waals surface area contributed by atoms with E-state index in [1.54, 1.807) is 67.9 Å². The van der Waals surface area contributed by atoms with Gasteiger partial charge in [0.25, 0.3) is 11.1 Å². The number of pyridine rings is 3. The minimum absolute atomic E-state index is 0.243. The minimum Gasteiger partial charge on any atom is -0.316 e. The lowest BCUT2D eigenvalue weighted by Crippen LogP contribution is -2.35. The first-order valence-corrected chi connectivity index (χ1v) is 8.82. The van der Waals surface area contributed by atoms with Crippen molar-refractivity contribution in [1.29, 1.82) is 0 Å². The van der Waals surface area contributed by atoms with Crippen LogP contribution < -0.4 is 16.1 Å². The molecule has 0 atom stereocenters. The van der Waals surface area contributed by atoms with Crippen LogP contribution in [0.15, 0.2) is 58.4 Å². The summed E-state index contributed by atoms with van der Waals surface area (Å²) < 4.78 is 2.88. The Morgan fingerprint density at radius 1 is 0.852 bits per heavy atom. The van der Waals surface area contributed by atoms with Crippen LogP contribution in [0.1, 0.15) is 0 Å². The predicted octanol–water partition coefficient (Wildman–Crippen LogP) is 3.21. The Morgan fingerprint density at radius 3 is 2.07 bits per heavy atom. The first-order valence-electron chi connectivity index (χ1n) is 8.07. The zero-order chi connectivity index (χ0) is 19.3. The van der Waals surface area contributed by atoms with E-state index >= 15 is 0 Å². The van der Waals surface area contributed by atoms with Gasteiger partial charge in [-0.3, -0.25) is 14.2 Å². The topological polar surface area (TPSA) is 60.1 Å². The Labute approximate surface area is 163 Å². The van der Waals surface area contributed by atoms with Crippen molar-refractivity contribution in [3.8, 4) is 5.69 Å². The molecule has 0 bridgehead atoms. The molecular formula is C19H14Cl2N4O2. The van der Waals surface area contributed by atoms with E-state index in [2.05, 4.69) is 4.98 Å². The molecular weight excluding hydrogens is 387 g/mol. The zero-order valence-corrected chi connectivity index (χ0v) is 16.0. The maximum atomic E-state index is 13.0. The lowest BCUT2D eigenvalue weighted by Gasteiger charge is -2.16. The molecule has 4 aromatic rings. The lowest BCUT2D eigenvalue weighted by molar-refractivity contribution is 0.706. The molecule has 3 heterocycles. The number of benzene rings is 1. The van der Waals surface area contributed by atoms with Gasteiger partial charge in [-0.2, -0.15) is 0 Å². The van der Waals surface area contributed by atoms with Gasteiger partial charge < -0.3 is 5.01 Å². The van der Waals surface area contributed by atoms with Crippen LogP contribution in [0.25, 0.3) is 27.5 Å². The van der Waals surface area contributed by atoms with Crippen LogP contribution in [-0.2, 0) is 0 Å². The molecule has 6 nitrogen and oxygen atoms in total. The average molecular weight is 401 g/mol. The molecule has 27 heavy (non-hydrogen) atoms. The van der Waals surface area contributed by atoms with Crippen LogP contribution in [0.4, 0.5) is 0 Å². The summed E-state index contributed by atoms with van der Waals surface area (Å²) in [5, 5.41) is 3.22. The van der Waals surface area contributed by atoms with E-state index in [9.17, 15) is 9.59 Å². The van der Waals surface area contributed by atoms with Gasteiger partial charge in [0.1, 0.15) is 0 Å². The summed E-state index contributed by atoms with van der Waals surface area (Å²) in [6.07, 6.45) is 3.27. The molecule has 0 unspecified atom stereocenters. The summed E-state index contributed by atoms with van der Waals surface area (Å²) in [5.74, 6) is 0.